The normalized spacial score (nSPS) is 10.6. The third kappa shape index (κ3) is 3.67. The number of rotatable bonds is 4. The summed E-state index contributed by atoms with van der Waals surface area (Å²) >= 11 is 2.14. The molecule has 4 nitrogen and oxygen atoms in total. The van der Waals surface area contributed by atoms with Crippen molar-refractivity contribution >= 4 is 28.4 Å². The molecule has 0 bridgehead atoms. The molecule has 0 amide bonds. The second kappa shape index (κ2) is 5.35. The Balaban J connectivity index is 2.47. The molecule has 1 aromatic rings. The molecule has 0 aliphatic rings. The molecule has 0 spiro atoms. The number of nitrogens with two attached hydrogens (primary N) is 1. The summed E-state index contributed by atoms with van der Waals surface area (Å²) in [5.74, 6) is 1.32. The molecule has 1 aromatic heterocycles. The van der Waals surface area contributed by atoms with E-state index in [1.807, 2.05) is 20.2 Å². The van der Waals surface area contributed by atoms with Gasteiger partial charge >= 0.3 is 0 Å². The van der Waals surface area contributed by atoms with E-state index in [0.29, 0.717) is 12.4 Å². The van der Waals surface area contributed by atoms with Crippen LogP contribution in [0.15, 0.2) is 12.3 Å². The predicted molar refractivity (Wildman–Crippen MR) is 65.4 cm³/mol. The zero-order valence-electron chi connectivity index (χ0n) is 8.33. The Bertz CT molecular complexity index is 304. The molecule has 0 saturated carbocycles. The summed E-state index contributed by atoms with van der Waals surface area (Å²) in [7, 11) is 4.02. The van der Waals surface area contributed by atoms with Gasteiger partial charge < -0.3 is 15.4 Å². The van der Waals surface area contributed by atoms with Crippen LogP contribution in [-0.2, 0) is 0 Å². The maximum absolute atomic E-state index is 5.58. The average molecular weight is 307 g/mol. The lowest BCUT2D eigenvalue weighted by Crippen LogP contribution is -2.19. The summed E-state index contributed by atoms with van der Waals surface area (Å²) in [6, 6.07) is 1.89. The number of likely N-dealkylation sites (N-methyl/N-ethyl adjacent to an activating group) is 1. The maximum Gasteiger partial charge on any atom is 0.138 e. The van der Waals surface area contributed by atoms with Crippen molar-refractivity contribution in [3.8, 4) is 5.75 Å². The van der Waals surface area contributed by atoms with E-state index >= 15 is 0 Å². The summed E-state index contributed by atoms with van der Waals surface area (Å²) in [4.78, 5) is 6.07. The van der Waals surface area contributed by atoms with E-state index in [-0.39, 0.29) is 0 Å². The number of halogens is 1. The summed E-state index contributed by atoms with van der Waals surface area (Å²) in [5.41, 5.74) is 5.58. The lowest BCUT2D eigenvalue weighted by atomic mass is 10.4. The molecule has 1 rings (SSSR count). The first-order valence-electron chi connectivity index (χ1n) is 4.28. The Labute approximate surface area is 97.6 Å². The monoisotopic (exact) mass is 307 g/mol. The highest BCUT2D eigenvalue weighted by Gasteiger charge is 2.00. The molecule has 0 saturated heterocycles. The van der Waals surface area contributed by atoms with Crippen LogP contribution in [0.5, 0.6) is 5.75 Å². The molecule has 0 aliphatic carbocycles. The first-order valence-corrected chi connectivity index (χ1v) is 5.36. The minimum absolute atomic E-state index is 0.547. The van der Waals surface area contributed by atoms with Gasteiger partial charge in [0.1, 0.15) is 18.2 Å². The zero-order valence-corrected chi connectivity index (χ0v) is 10.5. The number of ether oxygens (including phenoxy) is 1. The maximum atomic E-state index is 5.58. The topological polar surface area (TPSA) is 51.4 Å². The van der Waals surface area contributed by atoms with Crippen LogP contribution in [0.25, 0.3) is 0 Å². The number of nitrogens with zero attached hydrogens (tertiary/aromatic N) is 2. The van der Waals surface area contributed by atoms with Crippen molar-refractivity contribution in [2.75, 3.05) is 33.0 Å². The lowest BCUT2D eigenvalue weighted by molar-refractivity contribution is 0.260. The quantitative estimate of drug-likeness (QED) is 0.850. The van der Waals surface area contributed by atoms with Crippen molar-refractivity contribution in [3.63, 3.8) is 0 Å². The van der Waals surface area contributed by atoms with Crippen molar-refractivity contribution < 1.29 is 4.74 Å². The van der Waals surface area contributed by atoms with Gasteiger partial charge in [0.05, 0.1) is 9.77 Å². The molecule has 2 N–H and O–H groups in total. The third-order valence-electron chi connectivity index (χ3n) is 1.65. The standard InChI is InChI=1S/C9H14IN3O/c1-13(2)3-4-14-7-5-8(10)9(11)12-6-7/h5-6H,3-4H2,1-2H3,(H2,11,12). The fraction of sp³-hybridized carbons (Fsp3) is 0.444. The largest absolute Gasteiger partial charge is 0.491 e. The van der Waals surface area contributed by atoms with E-state index in [4.69, 9.17) is 10.5 Å². The molecule has 0 aliphatic heterocycles. The van der Waals surface area contributed by atoms with Gasteiger partial charge in [0.25, 0.3) is 0 Å². The molecule has 0 radical (unpaired) electrons. The van der Waals surface area contributed by atoms with Gasteiger partial charge in [0.15, 0.2) is 0 Å². The van der Waals surface area contributed by atoms with E-state index in [0.717, 1.165) is 15.9 Å². The molecule has 78 valence electrons. The number of hydrogen-bond acceptors (Lipinski definition) is 4. The minimum atomic E-state index is 0.547. The predicted octanol–water partition coefficient (Wildman–Crippen LogP) is 1.21. The van der Waals surface area contributed by atoms with Gasteiger partial charge in [0.2, 0.25) is 0 Å². The van der Waals surface area contributed by atoms with Crippen molar-refractivity contribution in [2.45, 2.75) is 0 Å². The van der Waals surface area contributed by atoms with E-state index < -0.39 is 0 Å². The van der Waals surface area contributed by atoms with Gasteiger partial charge in [0, 0.05) is 6.54 Å². The molecule has 1 heterocycles. The number of nitrogen functional groups attached to an aromatic ring is 1. The van der Waals surface area contributed by atoms with E-state index in [1.165, 1.54) is 0 Å². The Hall–Kier alpha value is -0.560. The van der Waals surface area contributed by atoms with Gasteiger partial charge in [-0.3, -0.25) is 0 Å². The Morgan fingerprint density at radius 1 is 1.57 bits per heavy atom. The van der Waals surface area contributed by atoms with Gasteiger partial charge in [-0.05, 0) is 42.8 Å². The molecule has 0 aromatic carbocycles. The molecular formula is C9H14IN3O. The van der Waals surface area contributed by atoms with Gasteiger partial charge in [-0.15, -0.1) is 0 Å². The van der Waals surface area contributed by atoms with Crippen LogP contribution in [0.4, 0.5) is 5.82 Å². The smallest absolute Gasteiger partial charge is 0.138 e. The van der Waals surface area contributed by atoms with Crippen LogP contribution in [0.3, 0.4) is 0 Å². The molecule has 0 atom stereocenters. The molecule has 0 fully saturated rings. The SMILES string of the molecule is CN(C)CCOc1cnc(N)c(I)c1. The fourth-order valence-electron chi connectivity index (χ4n) is 0.856. The highest BCUT2D eigenvalue weighted by molar-refractivity contribution is 14.1. The van der Waals surface area contributed by atoms with Gasteiger partial charge in [-0.25, -0.2) is 4.98 Å². The van der Waals surface area contributed by atoms with Crippen LogP contribution < -0.4 is 10.5 Å². The van der Waals surface area contributed by atoms with Crippen LogP contribution in [0.2, 0.25) is 0 Å². The van der Waals surface area contributed by atoms with E-state index in [1.54, 1.807) is 6.20 Å². The summed E-state index contributed by atoms with van der Waals surface area (Å²) in [6.45, 7) is 1.55. The molecule has 5 heteroatoms. The Morgan fingerprint density at radius 2 is 2.29 bits per heavy atom. The van der Waals surface area contributed by atoms with Crippen molar-refractivity contribution in [3.05, 3.63) is 15.8 Å². The fourth-order valence-corrected chi connectivity index (χ4v) is 1.30. The molecule has 14 heavy (non-hydrogen) atoms. The Morgan fingerprint density at radius 3 is 2.86 bits per heavy atom. The highest BCUT2D eigenvalue weighted by Crippen LogP contribution is 2.18. The van der Waals surface area contributed by atoms with Crippen molar-refractivity contribution in [1.82, 2.24) is 9.88 Å². The minimum Gasteiger partial charge on any atom is -0.491 e. The van der Waals surface area contributed by atoms with E-state index in [2.05, 4.69) is 32.5 Å². The highest BCUT2D eigenvalue weighted by atomic mass is 127. The number of anilines is 1. The average Bonchev–Trinajstić information content (AvgIpc) is 2.10. The first kappa shape index (κ1) is 11.5. The summed E-state index contributed by atoms with van der Waals surface area (Å²) in [5, 5.41) is 0. The van der Waals surface area contributed by atoms with Crippen LogP contribution in [0.1, 0.15) is 0 Å². The van der Waals surface area contributed by atoms with Crippen LogP contribution in [0, 0.1) is 3.57 Å². The van der Waals surface area contributed by atoms with Crippen molar-refractivity contribution in [1.29, 1.82) is 0 Å². The summed E-state index contributed by atoms with van der Waals surface area (Å²) < 4.78 is 6.41. The van der Waals surface area contributed by atoms with E-state index in [9.17, 15) is 0 Å². The number of pyridine rings is 1. The molecular weight excluding hydrogens is 293 g/mol. The van der Waals surface area contributed by atoms with Gasteiger partial charge in [-0.1, -0.05) is 0 Å². The summed E-state index contributed by atoms with van der Waals surface area (Å²) in [6.07, 6.45) is 1.65. The zero-order chi connectivity index (χ0) is 10.6. The second-order valence-corrected chi connectivity index (χ2v) is 4.35. The van der Waals surface area contributed by atoms with Gasteiger partial charge in [-0.2, -0.15) is 0 Å². The first-order chi connectivity index (χ1) is 6.59. The van der Waals surface area contributed by atoms with Crippen molar-refractivity contribution in [2.24, 2.45) is 0 Å². The third-order valence-corrected chi connectivity index (χ3v) is 2.52. The number of aromatic nitrogens is 1. The van der Waals surface area contributed by atoms with Crippen LogP contribution in [-0.4, -0.2) is 37.1 Å². The molecule has 0 unspecified atom stereocenters. The Kier molecular flexibility index (Phi) is 4.40. The van der Waals surface area contributed by atoms with Crippen LogP contribution >= 0.6 is 22.6 Å². The second-order valence-electron chi connectivity index (χ2n) is 3.19. The lowest BCUT2D eigenvalue weighted by Gasteiger charge is -2.11. The number of hydrogen-bond donors (Lipinski definition) is 1.